The number of nitrogens with zero attached hydrogens (tertiary/aromatic N) is 3. The standard InChI is InChI=1S/C61H38N4O/c1-2-14-37(15-3-1)38-26-28-39(29-27-38)59-62-60(52-34-44-20-8-9-21-45(44)46-22-10-11-23-47(46)52)64-61(63-59)57-53(31-30-49-48-24-12-13-25-56(48)66-58(49)57)65-54-35-42-18-6-4-16-40(42)32-50(54)51-33-41-17-5-7-19-43(41)36-55(51)65/h1-36,60H,(H,62,63,64). The number of benzene rings is 11. The zero-order chi connectivity index (χ0) is 43.3. The van der Waals surface area contributed by atoms with Gasteiger partial charge in [0.1, 0.15) is 23.2 Å². The van der Waals surface area contributed by atoms with E-state index in [0.29, 0.717) is 11.7 Å². The first-order valence-corrected chi connectivity index (χ1v) is 22.5. The number of aromatic nitrogens is 1. The number of rotatable bonds is 5. The highest BCUT2D eigenvalue weighted by Gasteiger charge is 2.29. The topological polar surface area (TPSA) is 54.8 Å². The van der Waals surface area contributed by atoms with Crippen LogP contribution in [0.4, 0.5) is 0 Å². The first-order chi connectivity index (χ1) is 32.7. The predicted molar refractivity (Wildman–Crippen MR) is 275 cm³/mol. The SMILES string of the molecule is c1ccc(-c2ccc(C3=NC(c4cc5ccccc5c5ccccc45)NC(c4c(-n5c6cc7ccccc7cc6c6cc7ccccc7cc65)ccc5c4oc4ccccc45)=N3)cc2)cc1. The zero-order valence-corrected chi connectivity index (χ0v) is 35.6. The molecule has 0 aliphatic carbocycles. The number of fused-ring (bicyclic) bond motifs is 11. The second kappa shape index (κ2) is 14.4. The van der Waals surface area contributed by atoms with E-state index in [9.17, 15) is 0 Å². The van der Waals surface area contributed by atoms with Crippen LogP contribution >= 0.6 is 0 Å². The summed E-state index contributed by atoms with van der Waals surface area (Å²) in [7, 11) is 0. The fourth-order valence-electron chi connectivity index (χ4n) is 10.5. The summed E-state index contributed by atoms with van der Waals surface area (Å²) in [6.07, 6.45) is -0.491. The summed E-state index contributed by atoms with van der Waals surface area (Å²) in [5.41, 5.74) is 9.92. The van der Waals surface area contributed by atoms with Gasteiger partial charge in [-0.2, -0.15) is 0 Å². The molecule has 0 amide bonds. The zero-order valence-electron chi connectivity index (χ0n) is 35.6. The minimum absolute atomic E-state index is 0.491. The van der Waals surface area contributed by atoms with Crippen molar-refractivity contribution in [2.24, 2.45) is 9.98 Å². The molecule has 1 aliphatic rings. The van der Waals surface area contributed by atoms with E-state index < -0.39 is 6.17 Å². The van der Waals surface area contributed by atoms with E-state index in [1.807, 2.05) is 6.07 Å². The first-order valence-electron chi connectivity index (χ1n) is 22.5. The Hall–Kier alpha value is -8.80. The van der Waals surface area contributed by atoms with E-state index in [1.54, 1.807) is 0 Å². The highest BCUT2D eigenvalue weighted by Crippen LogP contribution is 2.42. The van der Waals surface area contributed by atoms with E-state index in [2.05, 4.69) is 222 Å². The maximum atomic E-state index is 7.04. The van der Waals surface area contributed by atoms with E-state index >= 15 is 0 Å². The fourth-order valence-corrected chi connectivity index (χ4v) is 10.5. The van der Waals surface area contributed by atoms with Crippen LogP contribution in [0.3, 0.4) is 0 Å². The lowest BCUT2D eigenvalue weighted by Gasteiger charge is -2.26. The second-order valence-corrected chi connectivity index (χ2v) is 17.3. The van der Waals surface area contributed by atoms with Crippen molar-refractivity contribution in [1.82, 2.24) is 9.88 Å². The van der Waals surface area contributed by atoms with Crippen molar-refractivity contribution in [3.05, 3.63) is 235 Å². The maximum Gasteiger partial charge on any atom is 0.159 e. The second-order valence-electron chi connectivity index (χ2n) is 17.3. The van der Waals surface area contributed by atoms with Gasteiger partial charge in [0.05, 0.1) is 22.3 Å². The van der Waals surface area contributed by atoms with Gasteiger partial charge in [-0.05, 0) is 103 Å². The molecule has 0 spiro atoms. The lowest BCUT2D eigenvalue weighted by atomic mass is 9.95. The van der Waals surface area contributed by atoms with Crippen LogP contribution in [-0.4, -0.2) is 16.2 Å². The van der Waals surface area contributed by atoms with Crippen molar-refractivity contribution < 1.29 is 4.42 Å². The Bertz CT molecular complexity index is 4100. The van der Waals surface area contributed by atoms with Gasteiger partial charge in [0.15, 0.2) is 5.84 Å². The Kier molecular flexibility index (Phi) is 7.98. The Morgan fingerprint density at radius 1 is 0.409 bits per heavy atom. The smallest absolute Gasteiger partial charge is 0.159 e. The summed E-state index contributed by atoms with van der Waals surface area (Å²) < 4.78 is 9.47. The number of furan rings is 1. The number of aliphatic imine (C=N–C) groups is 2. The highest BCUT2D eigenvalue weighted by molar-refractivity contribution is 6.23. The van der Waals surface area contributed by atoms with E-state index in [0.717, 1.165) is 77.2 Å². The van der Waals surface area contributed by atoms with Gasteiger partial charge in [-0.3, -0.25) is 0 Å². The van der Waals surface area contributed by atoms with Crippen molar-refractivity contribution in [1.29, 1.82) is 0 Å². The van der Waals surface area contributed by atoms with Gasteiger partial charge in [-0.25, -0.2) is 9.98 Å². The molecule has 13 aromatic rings. The number of nitrogens with one attached hydrogen (secondary N) is 1. The normalized spacial score (nSPS) is 14.2. The van der Waals surface area contributed by atoms with Crippen LogP contribution in [0.5, 0.6) is 0 Å². The maximum absolute atomic E-state index is 7.04. The molecule has 1 N–H and O–H groups in total. The van der Waals surface area contributed by atoms with Crippen molar-refractivity contribution in [3.8, 4) is 16.8 Å². The van der Waals surface area contributed by atoms with Crippen LogP contribution in [0.25, 0.3) is 104 Å². The highest BCUT2D eigenvalue weighted by atomic mass is 16.3. The monoisotopic (exact) mass is 842 g/mol. The van der Waals surface area contributed by atoms with Crippen LogP contribution in [0.1, 0.15) is 22.9 Å². The number of hydrogen-bond acceptors (Lipinski definition) is 4. The van der Waals surface area contributed by atoms with Gasteiger partial charge in [0.2, 0.25) is 0 Å². The summed E-state index contributed by atoms with van der Waals surface area (Å²) >= 11 is 0. The lowest BCUT2D eigenvalue weighted by molar-refractivity contribution is 0.661. The molecule has 14 rings (SSSR count). The molecule has 1 atom stereocenters. The van der Waals surface area contributed by atoms with E-state index in [-0.39, 0.29) is 0 Å². The Balaban J connectivity index is 1.07. The molecule has 0 bridgehead atoms. The van der Waals surface area contributed by atoms with Crippen molar-refractivity contribution >= 4 is 98.5 Å². The predicted octanol–water partition coefficient (Wildman–Crippen LogP) is 15.5. The molecular formula is C61H38N4O. The number of amidine groups is 2. The van der Waals surface area contributed by atoms with Gasteiger partial charge in [0.25, 0.3) is 0 Å². The molecule has 5 nitrogen and oxygen atoms in total. The third-order valence-electron chi connectivity index (χ3n) is 13.6. The molecule has 0 radical (unpaired) electrons. The molecule has 0 saturated heterocycles. The molecule has 308 valence electrons. The van der Waals surface area contributed by atoms with Crippen LogP contribution < -0.4 is 5.32 Å². The van der Waals surface area contributed by atoms with Crippen LogP contribution in [0, 0.1) is 0 Å². The fraction of sp³-hybridized carbons (Fsp3) is 0.0164. The van der Waals surface area contributed by atoms with Crippen LogP contribution in [0.2, 0.25) is 0 Å². The summed E-state index contributed by atoms with van der Waals surface area (Å²) in [5.74, 6) is 1.33. The molecule has 0 saturated carbocycles. The Labute approximate surface area is 379 Å². The van der Waals surface area contributed by atoms with Crippen LogP contribution in [0.15, 0.2) is 233 Å². The minimum Gasteiger partial charge on any atom is -0.455 e. The van der Waals surface area contributed by atoms with Crippen LogP contribution in [-0.2, 0) is 0 Å². The average Bonchev–Trinajstić information content (AvgIpc) is 3.91. The summed E-state index contributed by atoms with van der Waals surface area (Å²) in [6.45, 7) is 0. The number of para-hydroxylation sites is 1. The summed E-state index contributed by atoms with van der Waals surface area (Å²) in [4.78, 5) is 11.1. The molecule has 0 fully saturated rings. The molecule has 66 heavy (non-hydrogen) atoms. The van der Waals surface area contributed by atoms with Gasteiger partial charge in [-0.15, -0.1) is 0 Å². The molecule has 2 aromatic heterocycles. The van der Waals surface area contributed by atoms with Gasteiger partial charge < -0.3 is 14.3 Å². The van der Waals surface area contributed by atoms with E-state index in [1.165, 1.54) is 43.1 Å². The average molecular weight is 843 g/mol. The molecule has 5 heteroatoms. The number of hydrogen-bond donors (Lipinski definition) is 1. The Morgan fingerprint density at radius 2 is 0.955 bits per heavy atom. The summed E-state index contributed by atoms with van der Waals surface area (Å²) in [5, 5.41) is 17.9. The van der Waals surface area contributed by atoms with Crippen molar-refractivity contribution in [2.75, 3.05) is 0 Å². The Morgan fingerprint density at radius 3 is 1.65 bits per heavy atom. The lowest BCUT2D eigenvalue weighted by Crippen LogP contribution is -2.34. The molecule has 1 unspecified atom stereocenters. The van der Waals surface area contributed by atoms with Gasteiger partial charge in [0, 0.05) is 32.7 Å². The first kappa shape index (κ1) is 36.7. The largest absolute Gasteiger partial charge is 0.455 e. The molecular weight excluding hydrogens is 805 g/mol. The third kappa shape index (κ3) is 5.66. The third-order valence-corrected chi connectivity index (χ3v) is 13.6. The quantitative estimate of drug-likeness (QED) is 0.176. The van der Waals surface area contributed by atoms with Crippen molar-refractivity contribution in [3.63, 3.8) is 0 Å². The molecule has 11 aromatic carbocycles. The minimum atomic E-state index is -0.491. The van der Waals surface area contributed by atoms with E-state index in [4.69, 9.17) is 14.4 Å². The molecule has 1 aliphatic heterocycles. The molecule has 3 heterocycles. The van der Waals surface area contributed by atoms with Gasteiger partial charge >= 0.3 is 0 Å². The van der Waals surface area contributed by atoms with Crippen molar-refractivity contribution in [2.45, 2.75) is 6.17 Å². The van der Waals surface area contributed by atoms with Gasteiger partial charge in [-0.1, -0.05) is 170 Å². The summed E-state index contributed by atoms with van der Waals surface area (Å²) in [6, 6.07) is 78.1.